The molecule has 0 unspecified atom stereocenters. The molecule has 6 heteroatoms. The fourth-order valence-corrected chi connectivity index (χ4v) is 2.07. The van der Waals surface area contributed by atoms with Crippen molar-refractivity contribution in [1.82, 2.24) is 5.32 Å². The van der Waals surface area contributed by atoms with E-state index in [1.165, 1.54) is 12.1 Å². The molecule has 1 rings (SSSR count). The summed E-state index contributed by atoms with van der Waals surface area (Å²) < 4.78 is 0. The number of hydrogen-bond acceptors (Lipinski definition) is 4. The zero-order valence-electron chi connectivity index (χ0n) is 12.7. The van der Waals surface area contributed by atoms with Gasteiger partial charge in [0.1, 0.15) is 0 Å². The van der Waals surface area contributed by atoms with Crippen LogP contribution in [0.4, 0.5) is 5.69 Å². The summed E-state index contributed by atoms with van der Waals surface area (Å²) in [5.41, 5.74) is 0.752. The average Bonchev–Trinajstić information content (AvgIpc) is 2.42. The number of aliphatic hydroxyl groups is 1. The maximum absolute atomic E-state index is 12.1. The number of nitrogens with zero attached hydrogens (tertiary/aromatic N) is 1. The summed E-state index contributed by atoms with van der Waals surface area (Å²) in [5, 5.41) is 22.5. The molecule has 0 heterocycles. The molecule has 2 N–H and O–H groups in total. The zero-order valence-corrected chi connectivity index (χ0v) is 12.7. The molecule has 0 aromatic heterocycles. The van der Waals surface area contributed by atoms with Crippen molar-refractivity contribution >= 4 is 11.6 Å². The van der Waals surface area contributed by atoms with E-state index in [1.54, 1.807) is 13.0 Å². The number of benzene rings is 1. The molecule has 0 bridgehead atoms. The fourth-order valence-electron chi connectivity index (χ4n) is 2.07. The molecule has 0 saturated heterocycles. The van der Waals surface area contributed by atoms with Gasteiger partial charge in [0.25, 0.3) is 11.6 Å². The van der Waals surface area contributed by atoms with Gasteiger partial charge in [-0.2, -0.15) is 0 Å². The number of carbonyl (C=O) groups is 1. The van der Waals surface area contributed by atoms with E-state index >= 15 is 0 Å². The highest BCUT2D eigenvalue weighted by molar-refractivity contribution is 5.95. The fraction of sp³-hybridized carbons (Fsp3) is 0.533. The molecule has 0 aliphatic rings. The average molecular weight is 294 g/mol. The number of nitro groups is 1. The van der Waals surface area contributed by atoms with E-state index in [2.05, 4.69) is 5.32 Å². The molecule has 0 atom stereocenters. The molecular formula is C15H22N2O4. The minimum absolute atomic E-state index is 0.0836. The van der Waals surface area contributed by atoms with Gasteiger partial charge in [0.05, 0.1) is 4.92 Å². The van der Waals surface area contributed by atoms with Gasteiger partial charge in [-0.25, -0.2) is 0 Å². The number of non-ortho nitro benzene ring substituents is 1. The third-order valence-electron chi connectivity index (χ3n) is 3.27. The molecule has 0 aliphatic heterocycles. The number of rotatable bonds is 7. The van der Waals surface area contributed by atoms with Gasteiger partial charge in [-0.05, 0) is 36.8 Å². The Morgan fingerprint density at radius 3 is 2.62 bits per heavy atom. The maximum atomic E-state index is 12.1. The molecule has 6 nitrogen and oxygen atoms in total. The molecule has 0 radical (unpaired) electrons. The SMILES string of the molecule is Cc1cc(C(=O)NCC(C)(C)CCCO)cc([N+](=O)[O-])c1. The quantitative estimate of drug-likeness (QED) is 0.596. The number of amides is 1. The van der Waals surface area contributed by atoms with Crippen molar-refractivity contribution in [1.29, 1.82) is 0 Å². The Morgan fingerprint density at radius 1 is 1.38 bits per heavy atom. The molecule has 21 heavy (non-hydrogen) atoms. The molecule has 1 aromatic rings. The Morgan fingerprint density at radius 2 is 2.05 bits per heavy atom. The number of aliphatic hydroxyl groups excluding tert-OH is 1. The number of nitro benzene ring substituents is 1. The minimum atomic E-state index is -0.505. The van der Waals surface area contributed by atoms with Crippen molar-refractivity contribution in [3.63, 3.8) is 0 Å². The van der Waals surface area contributed by atoms with Crippen molar-refractivity contribution in [3.8, 4) is 0 Å². The van der Waals surface area contributed by atoms with Crippen molar-refractivity contribution in [3.05, 3.63) is 39.4 Å². The number of nitrogens with one attached hydrogen (secondary N) is 1. The van der Waals surface area contributed by atoms with Gasteiger partial charge >= 0.3 is 0 Å². The van der Waals surface area contributed by atoms with Crippen molar-refractivity contribution < 1.29 is 14.8 Å². The zero-order chi connectivity index (χ0) is 16.0. The van der Waals surface area contributed by atoms with Gasteiger partial charge in [0.15, 0.2) is 0 Å². The van der Waals surface area contributed by atoms with Crippen LogP contribution in [0, 0.1) is 22.5 Å². The van der Waals surface area contributed by atoms with Crippen LogP contribution in [0.1, 0.15) is 42.6 Å². The smallest absolute Gasteiger partial charge is 0.270 e. The topological polar surface area (TPSA) is 92.5 Å². The highest BCUT2D eigenvalue weighted by Gasteiger charge is 2.20. The summed E-state index contributed by atoms with van der Waals surface area (Å²) >= 11 is 0. The maximum Gasteiger partial charge on any atom is 0.270 e. The van der Waals surface area contributed by atoms with Crippen LogP contribution >= 0.6 is 0 Å². The molecule has 1 aromatic carbocycles. The van der Waals surface area contributed by atoms with Crippen LogP contribution in [-0.4, -0.2) is 29.1 Å². The lowest BCUT2D eigenvalue weighted by Crippen LogP contribution is -2.34. The minimum Gasteiger partial charge on any atom is -0.396 e. The molecule has 0 aliphatic carbocycles. The molecule has 1 amide bonds. The van der Waals surface area contributed by atoms with Crippen LogP contribution in [0.25, 0.3) is 0 Å². The van der Waals surface area contributed by atoms with E-state index in [1.807, 2.05) is 13.8 Å². The van der Waals surface area contributed by atoms with Crippen LogP contribution in [0.15, 0.2) is 18.2 Å². The number of hydrogen-bond donors (Lipinski definition) is 2. The predicted molar refractivity (Wildman–Crippen MR) is 80.3 cm³/mol. The largest absolute Gasteiger partial charge is 0.396 e. The van der Waals surface area contributed by atoms with Gasteiger partial charge in [-0.1, -0.05) is 13.8 Å². The van der Waals surface area contributed by atoms with E-state index in [0.717, 1.165) is 6.42 Å². The monoisotopic (exact) mass is 294 g/mol. The summed E-state index contributed by atoms with van der Waals surface area (Å²) in [6.07, 6.45) is 1.47. The first kappa shape index (κ1) is 17.1. The Balaban J connectivity index is 2.74. The summed E-state index contributed by atoms with van der Waals surface area (Å²) in [6, 6.07) is 4.34. The van der Waals surface area contributed by atoms with E-state index in [4.69, 9.17) is 5.11 Å². The van der Waals surface area contributed by atoms with Crippen LogP contribution in [0.3, 0.4) is 0 Å². The second kappa shape index (κ2) is 7.17. The number of carbonyl (C=O) groups excluding carboxylic acids is 1. The van der Waals surface area contributed by atoms with Crippen LogP contribution in [0.2, 0.25) is 0 Å². The van der Waals surface area contributed by atoms with Gasteiger partial charge in [0, 0.05) is 30.8 Å². The van der Waals surface area contributed by atoms with E-state index in [-0.39, 0.29) is 23.6 Å². The Hall–Kier alpha value is -1.95. The predicted octanol–water partition coefficient (Wildman–Crippen LogP) is 2.43. The molecule has 0 fully saturated rings. The first-order valence-corrected chi connectivity index (χ1v) is 6.90. The van der Waals surface area contributed by atoms with Crippen LogP contribution in [-0.2, 0) is 0 Å². The number of aryl methyl sites for hydroxylation is 1. The van der Waals surface area contributed by atoms with Crippen molar-refractivity contribution in [2.24, 2.45) is 5.41 Å². The Bertz CT molecular complexity index is 526. The van der Waals surface area contributed by atoms with E-state index in [9.17, 15) is 14.9 Å². The standard InChI is InChI=1S/C15H22N2O4/c1-11-7-12(9-13(8-11)17(20)21)14(19)16-10-15(2,3)5-4-6-18/h7-9,18H,4-6,10H2,1-3H3,(H,16,19). The second-order valence-electron chi connectivity index (χ2n) is 5.99. The lowest BCUT2D eigenvalue weighted by atomic mass is 9.88. The lowest BCUT2D eigenvalue weighted by Gasteiger charge is -2.24. The summed E-state index contributed by atoms with van der Waals surface area (Å²) in [6.45, 7) is 6.30. The first-order valence-electron chi connectivity index (χ1n) is 6.90. The van der Waals surface area contributed by atoms with Gasteiger partial charge < -0.3 is 10.4 Å². The molecule has 116 valence electrons. The van der Waals surface area contributed by atoms with Gasteiger partial charge in [-0.3, -0.25) is 14.9 Å². The van der Waals surface area contributed by atoms with E-state index < -0.39 is 4.92 Å². The van der Waals surface area contributed by atoms with Crippen molar-refractivity contribution in [2.45, 2.75) is 33.6 Å². The van der Waals surface area contributed by atoms with Gasteiger partial charge in [-0.15, -0.1) is 0 Å². The second-order valence-corrected chi connectivity index (χ2v) is 5.99. The third kappa shape index (κ3) is 5.51. The summed E-state index contributed by atoms with van der Waals surface area (Å²) in [7, 11) is 0. The van der Waals surface area contributed by atoms with E-state index in [0.29, 0.717) is 24.1 Å². The van der Waals surface area contributed by atoms with Crippen LogP contribution in [0.5, 0.6) is 0 Å². The normalized spacial score (nSPS) is 11.2. The van der Waals surface area contributed by atoms with Gasteiger partial charge in [0.2, 0.25) is 0 Å². The van der Waals surface area contributed by atoms with Crippen LogP contribution < -0.4 is 5.32 Å². The third-order valence-corrected chi connectivity index (χ3v) is 3.27. The Kier molecular flexibility index (Phi) is 5.84. The summed E-state index contributed by atoms with van der Waals surface area (Å²) in [5.74, 6) is -0.320. The summed E-state index contributed by atoms with van der Waals surface area (Å²) in [4.78, 5) is 22.4. The first-order chi connectivity index (χ1) is 9.75. The Labute approximate surface area is 124 Å². The molecule has 0 saturated carbocycles. The lowest BCUT2D eigenvalue weighted by molar-refractivity contribution is -0.384. The molecule has 0 spiro atoms. The van der Waals surface area contributed by atoms with Crippen molar-refractivity contribution in [2.75, 3.05) is 13.2 Å². The highest BCUT2D eigenvalue weighted by atomic mass is 16.6. The molecular weight excluding hydrogens is 272 g/mol. The highest BCUT2D eigenvalue weighted by Crippen LogP contribution is 2.21.